The fourth-order valence-electron chi connectivity index (χ4n) is 1.62. The first-order valence-corrected chi connectivity index (χ1v) is 5.05. The first-order valence-electron chi connectivity index (χ1n) is 5.05. The van der Waals surface area contributed by atoms with Crippen LogP contribution in [0.15, 0.2) is 34.9 Å². The third-order valence-corrected chi connectivity index (χ3v) is 2.65. The summed E-state index contributed by atoms with van der Waals surface area (Å²) in [6.45, 7) is 2.23. The van der Waals surface area contributed by atoms with Crippen LogP contribution in [0.25, 0.3) is 11.0 Å². The van der Waals surface area contributed by atoms with Crippen LogP contribution in [0.1, 0.15) is 12.5 Å². The molecule has 0 aliphatic heterocycles. The maximum absolute atomic E-state index is 5.36. The van der Waals surface area contributed by atoms with Gasteiger partial charge in [0.15, 0.2) is 0 Å². The van der Waals surface area contributed by atoms with Gasteiger partial charge in [0, 0.05) is 11.8 Å². The second kappa shape index (κ2) is 3.84. The summed E-state index contributed by atoms with van der Waals surface area (Å²) >= 11 is 0. The van der Waals surface area contributed by atoms with Crippen LogP contribution < -0.4 is 5.32 Å². The van der Waals surface area contributed by atoms with Crippen molar-refractivity contribution < 1.29 is 9.73 Å². The topological polar surface area (TPSA) is 29.8 Å². The van der Waals surface area contributed by atoms with E-state index in [4.69, 9.17) is 4.42 Å². The molecule has 0 fully saturated rings. The molecule has 0 bridgehead atoms. The SMILES string of the molecule is C[NH2+][C@H](C)Cc1ccc2ccoc2c1. The predicted octanol–water partition coefficient (Wildman–Crippen LogP) is 1.56. The normalized spacial score (nSPS) is 13.3. The van der Waals surface area contributed by atoms with E-state index in [0.29, 0.717) is 6.04 Å². The van der Waals surface area contributed by atoms with E-state index in [1.54, 1.807) is 6.26 Å². The maximum atomic E-state index is 5.36. The van der Waals surface area contributed by atoms with Crippen molar-refractivity contribution in [3.05, 3.63) is 36.1 Å². The van der Waals surface area contributed by atoms with Crippen LogP contribution in [0.3, 0.4) is 0 Å². The number of quaternary nitrogens is 1. The smallest absolute Gasteiger partial charge is 0.134 e. The molecule has 2 heteroatoms. The van der Waals surface area contributed by atoms with E-state index in [1.165, 1.54) is 10.9 Å². The second-order valence-corrected chi connectivity index (χ2v) is 3.81. The van der Waals surface area contributed by atoms with Crippen LogP contribution in [0.2, 0.25) is 0 Å². The molecule has 1 atom stereocenters. The Labute approximate surface area is 83.9 Å². The van der Waals surface area contributed by atoms with Crippen LogP contribution in [0.4, 0.5) is 0 Å². The van der Waals surface area contributed by atoms with E-state index in [-0.39, 0.29) is 0 Å². The molecular weight excluding hydrogens is 174 g/mol. The van der Waals surface area contributed by atoms with Crippen LogP contribution >= 0.6 is 0 Å². The van der Waals surface area contributed by atoms with E-state index in [1.807, 2.05) is 6.07 Å². The van der Waals surface area contributed by atoms with Crippen LogP contribution in [-0.4, -0.2) is 13.1 Å². The summed E-state index contributed by atoms with van der Waals surface area (Å²) in [6, 6.07) is 9.06. The number of fused-ring (bicyclic) bond motifs is 1. The Bertz CT molecular complexity index is 419. The summed E-state index contributed by atoms with van der Waals surface area (Å²) in [5.74, 6) is 0. The Balaban J connectivity index is 2.25. The molecule has 0 saturated heterocycles. The molecule has 1 aromatic carbocycles. The van der Waals surface area contributed by atoms with Crippen molar-refractivity contribution >= 4 is 11.0 Å². The fraction of sp³-hybridized carbons (Fsp3) is 0.333. The molecule has 0 unspecified atom stereocenters. The van der Waals surface area contributed by atoms with Crippen molar-refractivity contribution in [1.82, 2.24) is 0 Å². The van der Waals surface area contributed by atoms with Gasteiger partial charge in [-0.15, -0.1) is 0 Å². The predicted molar refractivity (Wildman–Crippen MR) is 57.2 cm³/mol. The average molecular weight is 190 g/mol. The van der Waals surface area contributed by atoms with Crippen molar-refractivity contribution in [3.63, 3.8) is 0 Å². The highest BCUT2D eigenvalue weighted by molar-refractivity contribution is 5.77. The molecular formula is C12H16NO+. The molecule has 2 nitrogen and oxygen atoms in total. The van der Waals surface area contributed by atoms with E-state index in [2.05, 4.69) is 37.5 Å². The molecule has 0 aliphatic carbocycles. The Morgan fingerprint density at radius 1 is 1.36 bits per heavy atom. The molecule has 2 rings (SSSR count). The minimum Gasteiger partial charge on any atom is -0.464 e. The first kappa shape index (κ1) is 9.28. The maximum Gasteiger partial charge on any atom is 0.134 e. The summed E-state index contributed by atoms with van der Waals surface area (Å²) in [5, 5.41) is 3.41. The lowest BCUT2D eigenvalue weighted by Crippen LogP contribution is -2.85. The molecule has 0 saturated carbocycles. The fourth-order valence-corrected chi connectivity index (χ4v) is 1.62. The van der Waals surface area contributed by atoms with Gasteiger partial charge in [0.25, 0.3) is 0 Å². The van der Waals surface area contributed by atoms with Gasteiger partial charge in [-0.25, -0.2) is 0 Å². The van der Waals surface area contributed by atoms with E-state index in [0.717, 1.165) is 12.0 Å². The van der Waals surface area contributed by atoms with Crippen molar-refractivity contribution in [3.8, 4) is 0 Å². The van der Waals surface area contributed by atoms with Gasteiger partial charge in [-0.2, -0.15) is 0 Å². The van der Waals surface area contributed by atoms with Crippen molar-refractivity contribution in [2.75, 3.05) is 7.05 Å². The Kier molecular flexibility index (Phi) is 2.55. The molecule has 0 spiro atoms. The van der Waals surface area contributed by atoms with Gasteiger partial charge in [0.2, 0.25) is 0 Å². The van der Waals surface area contributed by atoms with Gasteiger partial charge in [0.05, 0.1) is 19.4 Å². The zero-order valence-corrected chi connectivity index (χ0v) is 8.66. The molecule has 1 heterocycles. The second-order valence-electron chi connectivity index (χ2n) is 3.81. The van der Waals surface area contributed by atoms with Crippen molar-refractivity contribution in [2.24, 2.45) is 0 Å². The highest BCUT2D eigenvalue weighted by Crippen LogP contribution is 2.17. The number of likely N-dealkylation sites (N-methyl/N-ethyl adjacent to an activating group) is 1. The van der Waals surface area contributed by atoms with Crippen molar-refractivity contribution in [2.45, 2.75) is 19.4 Å². The Morgan fingerprint density at radius 2 is 2.21 bits per heavy atom. The third kappa shape index (κ3) is 1.80. The van der Waals surface area contributed by atoms with Gasteiger partial charge in [-0.05, 0) is 24.6 Å². The van der Waals surface area contributed by atoms with Gasteiger partial charge in [-0.1, -0.05) is 12.1 Å². The minimum absolute atomic E-state index is 0.627. The zero-order chi connectivity index (χ0) is 9.97. The highest BCUT2D eigenvalue weighted by Gasteiger charge is 2.05. The Morgan fingerprint density at radius 3 is 3.00 bits per heavy atom. The van der Waals surface area contributed by atoms with Gasteiger partial charge >= 0.3 is 0 Å². The van der Waals surface area contributed by atoms with Crippen LogP contribution in [-0.2, 0) is 6.42 Å². The molecule has 0 amide bonds. The zero-order valence-electron chi connectivity index (χ0n) is 8.66. The quantitative estimate of drug-likeness (QED) is 0.782. The summed E-state index contributed by atoms with van der Waals surface area (Å²) in [5.41, 5.74) is 2.34. The summed E-state index contributed by atoms with van der Waals surface area (Å²) < 4.78 is 5.36. The number of rotatable bonds is 3. The molecule has 1 aromatic heterocycles. The van der Waals surface area contributed by atoms with Gasteiger partial charge in [0.1, 0.15) is 5.58 Å². The Hall–Kier alpha value is -1.28. The first-order chi connectivity index (χ1) is 6.79. The van der Waals surface area contributed by atoms with E-state index in [9.17, 15) is 0 Å². The highest BCUT2D eigenvalue weighted by atomic mass is 16.3. The molecule has 0 aliphatic rings. The minimum atomic E-state index is 0.627. The largest absolute Gasteiger partial charge is 0.464 e. The standard InChI is InChI=1S/C12H15NO/c1-9(13-2)7-10-3-4-11-5-6-14-12(11)8-10/h3-6,8-9,13H,7H2,1-2H3/p+1/t9-/m1/s1. The molecule has 74 valence electrons. The summed E-state index contributed by atoms with van der Waals surface area (Å²) in [6.07, 6.45) is 2.83. The summed E-state index contributed by atoms with van der Waals surface area (Å²) in [7, 11) is 2.11. The lowest BCUT2D eigenvalue weighted by atomic mass is 10.1. The van der Waals surface area contributed by atoms with Crippen LogP contribution in [0, 0.1) is 0 Å². The van der Waals surface area contributed by atoms with Crippen LogP contribution in [0.5, 0.6) is 0 Å². The van der Waals surface area contributed by atoms with Gasteiger partial charge < -0.3 is 9.73 Å². The third-order valence-electron chi connectivity index (χ3n) is 2.65. The monoisotopic (exact) mass is 190 g/mol. The summed E-state index contributed by atoms with van der Waals surface area (Å²) in [4.78, 5) is 0. The molecule has 2 aromatic rings. The van der Waals surface area contributed by atoms with Gasteiger partial charge in [-0.3, -0.25) is 0 Å². The van der Waals surface area contributed by atoms with Crippen molar-refractivity contribution in [1.29, 1.82) is 0 Å². The lowest BCUT2D eigenvalue weighted by Gasteiger charge is -2.06. The van der Waals surface area contributed by atoms with E-state index >= 15 is 0 Å². The number of furan rings is 1. The number of hydrogen-bond donors (Lipinski definition) is 1. The number of nitrogens with two attached hydrogens (primary N) is 1. The number of benzene rings is 1. The molecule has 14 heavy (non-hydrogen) atoms. The number of hydrogen-bond acceptors (Lipinski definition) is 1. The van der Waals surface area contributed by atoms with E-state index < -0.39 is 0 Å². The average Bonchev–Trinajstić information content (AvgIpc) is 2.64. The molecule has 0 radical (unpaired) electrons. The lowest BCUT2D eigenvalue weighted by molar-refractivity contribution is -0.659. The molecule has 2 N–H and O–H groups in total.